The standard InChI is InChI=1S/C15H15ClN2O2/c1-2-13-7-11(15(19)20)8-14(18-13)17-9-10-3-5-12(16)6-4-10/h3-8H,2,9H2,1H3,(H,17,18)(H,19,20). The molecule has 0 spiro atoms. The number of hydrogen-bond donors (Lipinski definition) is 2. The van der Waals surface area contributed by atoms with Gasteiger partial charge in [0, 0.05) is 17.3 Å². The molecule has 2 aromatic rings. The summed E-state index contributed by atoms with van der Waals surface area (Å²) in [5.74, 6) is -0.381. The SMILES string of the molecule is CCc1cc(C(=O)O)cc(NCc2ccc(Cl)cc2)n1. The first-order valence-electron chi connectivity index (χ1n) is 6.31. The van der Waals surface area contributed by atoms with Crippen molar-refractivity contribution in [3.63, 3.8) is 0 Å². The molecule has 1 aromatic heterocycles. The summed E-state index contributed by atoms with van der Waals surface area (Å²) in [6.07, 6.45) is 0.691. The largest absolute Gasteiger partial charge is 0.478 e. The fraction of sp³-hybridized carbons (Fsp3) is 0.200. The van der Waals surface area contributed by atoms with E-state index < -0.39 is 5.97 Å². The van der Waals surface area contributed by atoms with Crippen molar-refractivity contribution in [1.82, 2.24) is 4.98 Å². The Bertz CT molecular complexity index is 612. The number of rotatable bonds is 5. The number of halogens is 1. The Balaban J connectivity index is 2.14. The van der Waals surface area contributed by atoms with Gasteiger partial charge in [-0.3, -0.25) is 0 Å². The molecule has 0 bridgehead atoms. The van der Waals surface area contributed by atoms with Crippen LogP contribution in [0.2, 0.25) is 5.02 Å². The van der Waals surface area contributed by atoms with Crippen LogP contribution in [0.5, 0.6) is 0 Å². The van der Waals surface area contributed by atoms with Crippen LogP contribution in [-0.2, 0) is 13.0 Å². The molecule has 0 radical (unpaired) electrons. The van der Waals surface area contributed by atoms with E-state index in [-0.39, 0.29) is 5.56 Å². The number of aromatic carboxylic acids is 1. The molecule has 104 valence electrons. The lowest BCUT2D eigenvalue weighted by Crippen LogP contribution is -2.06. The van der Waals surface area contributed by atoms with Gasteiger partial charge in [-0.2, -0.15) is 0 Å². The molecule has 0 unspecified atom stereocenters. The topological polar surface area (TPSA) is 62.2 Å². The van der Waals surface area contributed by atoms with Crippen molar-refractivity contribution in [1.29, 1.82) is 0 Å². The van der Waals surface area contributed by atoms with Crippen LogP contribution < -0.4 is 5.32 Å². The third kappa shape index (κ3) is 3.71. The highest BCUT2D eigenvalue weighted by molar-refractivity contribution is 6.30. The minimum absolute atomic E-state index is 0.246. The first-order chi connectivity index (χ1) is 9.58. The van der Waals surface area contributed by atoms with E-state index in [1.54, 1.807) is 6.07 Å². The van der Waals surface area contributed by atoms with Gasteiger partial charge in [0.15, 0.2) is 0 Å². The van der Waals surface area contributed by atoms with Gasteiger partial charge in [-0.25, -0.2) is 9.78 Å². The normalized spacial score (nSPS) is 10.3. The third-order valence-electron chi connectivity index (χ3n) is 2.87. The molecule has 20 heavy (non-hydrogen) atoms. The maximum absolute atomic E-state index is 11.1. The van der Waals surface area contributed by atoms with Gasteiger partial charge in [0.2, 0.25) is 0 Å². The van der Waals surface area contributed by atoms with Crippen molar-refractivity contribution in [2.24, 2.45) is 0 Å². The van der Waals surface area contributed by atoms with Gasteiger partial charge in [-0.05, 0) is 36.2 Å². The van der Waals surface area contributed by atoms with Crippen LogP contribution in [-0.4, -0.2) is 16.1 Å². The average molecular weight is 291 g/mol. The summed E-state index contributed by atoms with van der Waals surface area (Å²) in [5, 5.41) is 12.9. The van der Waals surface area contributed by atoms with E-state index in [0.717, 1.165) is 11.3 Å². The Labute approximate surface area is 122 Å². The minimum Gasteiger partial charge on any atom is -0.478 e. The second kappa shape index (κ2) is 6.39. The number of carbonyl (C=O) groups is 1. The Hall–Kier alpha value is -2.07. The van der Waals surface area contributed by atoms with Crippen molar-refractivity contribution in [3.8, 4) is 0 Å². The number of hydrogen-bond acceptors (Lipinski definition) is 3. The van der Waals surface area contributed by atoms with Crippen LogP contribution in [0, 0.1) is 0 Å². The molecule has 5 heteroatoms. The molecule has 0 aliphatic carbocycles. The van der Waals surface area contributed by atoms with Crippen LogP contribution in [0.25, 0.3) is 0 Å². The quantitative estimate of drug-likeness (QED) is 0.883. The van der Waals surface area contributed by atoms with Crippen molar-refractivity contribution in [3.05, 3.63) is 58.2 Å². The maximum Gasteiger partial charge on any atom is 0.335 e. The van der Waals surface area contributed by atoms with E-state index in [1.807, 2.05) is 31.2 Å². The molecular formula is C15H15ClN2O2. The smallest absolute Gasteiger partial charge is 0.335 e. The van der Waals surface area contributed by atoms with E-state index in [1.165, 1.54) is 6.07 Å². The van der Waals surface area contributed by atoms with E-state index >= 15 is 0 Å². The van der Waals surface area contributed by atoms with Gasteiger partial charge >= 0.3 is 5.97 Å². The Morgan fingerprint density at radius 1 is 1.30 bits per heavy atom. The van der Waals surface area contributed by atoms with Crippen LogP contribution in [0.4, 0.5) is 5.82 Å². The van der Waals surface area contributed by atoms with E-state index in [4.69, 9.17) is 16.7 Å². The summed E-state index contributed by atoms with van der Waals surface area (Å²) in [5.41, 5.74) is 2.05. The molecule has 0 amide bonds. The zero-order valence-electron chi connectivity index (χ0n) is 11.1. The summed E-state index contributed by atoms with van der Waals surface area (Å²) < 4.78 is 0. The maximum atomic E-state index is 11.1. The molecular weight excluding hydrogens is 276 g/mol. The number of benzene rings is 1. The van der Waals surface area contributed by atoms with Gasteiger partial charge in [-0.1, -0.05) is 30.7 Å². The Morgan fingerprint density at radius 2 is 2.00 bits per heavy atom. The Morgan fingerprint density at radius 3 is 2.60 bits per heavy atom. The summed E-state index contributed by atoms with van der Waals surface area (Å²) in [4.78, 5) is 15.4. The molecule has 0 saturated carbocycles. The van der Waals surface area contributed by atoms with Gasteiger partial charge in [0.1, 0.15) is 5.82 Å². The molecule has 0 atom stereocenters. The van der Waals surface area contributed by atoms with Crippen LogP contribution in [0.15, 0.2) is 36.4 Å². The van der Waals surface area contributed by atoms with E-state index in [2.05, 4.69) is 10.3 Å². The van der Waals surface area contributed by atoms with Crippen molar-refractivity contribution in [2.75, 3.05) is 5.32 Å². The van der Waals surface area contributed by atoms with Crippen LogP contribution >= 0.6 is 11.6 Å². The first-order valence-corrected chi connectivity index (χ1v) is 6.69. The molecule has 2 rings (SSSR count). The number of nitrogens with zero attached hydrogens (tertiary/aromatic N) is 1. The van der Waals surface area contributed by atoms with Gasteiger partial charge in [0.05, 0.1) is 5.56 Å². The number of aromatic nitrogens is 1. The third-order valence-corrected chi connectivity index (χ3v) is 3.13. The molecule has 1 heterocycles. The fourth-order valence-corrected chi connectivity index (χ4v) is 1.90. The molecule has 0 fully saturated rings. The van der Waals surface area contributed by atoms with E-state index in [9.17, 15) is 4.79 Å². The summed E-state index contributed by atoms with van der Waals surface area (Å²) in [6, 6.07) is 10.6. The second-order valence-corrected chi connectivity index (χ2v) is 4.81. The molecule has 2 N–H and O–H groups in total. The lowest BCUT2D eigenvalue weighted by molar-refractivity contribution is 0.0696. The molecule has 0 saturated heterocycles. The summed E-state index contributed by atoms with van der Waals surface area (Å²) >= 11 is 5.83. The van der Waals surface area contributed by atoms with Crippen molar-refractivity contribution in [2.45, 2.75) is 19.9 Å². The number of pyridine rings is 1. The summed E-state index contributed by atoms with van der Waals surface area (Å²) in [7, 11) is 0. The zero-order chi connectivity index (χ0) is 14.5. The number of carboxylic acids is 1. The molecule has 0 aliphatic heterocycles. The second-order valence-electron chi connectivity index (χ2n) is 4.37. The van der Waals surface area contributed by atoms with Crippen LogP contribution in [0.3, 0.4) is 0 Å². The van der Waals surface area contributed by atoms with Gasteiger partial charge in [0.25, 0.3) is 0 Å². The lowest BCUT2D eigenvalue weighted by Gasteiger charge is -2.08. The number of anilines is 1. The lowest BCUT2D eigenvalue weighted by atomic mass is 10.2. The highest BCUT2D eigenvalue weighted by Crippen LogP contribution is 2.14. The Kier molecular flexibility index (Phi) is 4.58. The van der Waals surface area contributed by atoms with Gasteiger partial charge < -0.3 is 10.4 Å². The van der Waals surface area contributed by atoms with Gasteiger partial charge in [-0.15, -0.1) is 0 Å². The van der Waals surface area contributed by atoms with Crippen molar-refractivity contribution < 1.29 is 9.90 Å². The highest BCUT2D eigenvalue weighted by atomic mass is 35.5. The van der Waals surface area contributed by atoms with Crippen LogP contribution in [0.1, 0.15) is 28.5 Å². The first kappa shape index (κ1) is 14.3. The van der Waals surface area contributed by atoms with E-state index in [0.29, 0.717) is 23.8 Å². The minimum atomic E-state index is -0.948. The molecule has 1 aromatic carbocycles. The van der Waals surface area contributed by atoms with Crippen molar-refractivity contribution >= 4 is 23.4 Å². The number of aryl methyl sites for hydroxylation is 1. The number of carboxylic acid groups (broad SMARTS) is 1. The zero-order valence-corrected chi connectivity index (χ0v) is 11.8. The summed E-state index contributed by atoms with van der Waals surface area (Å²) in [6.45, 7) is 2.51. The predicted octanol–water partition coefficient (Wildman–Crippen LogP) is 3.61. The predicted molar refractivity (Wildman–Crippen MR) is 79.4 cm³/mol. The average Bonchev–Trinajstić information content (AvgIpc) is 2.46. The fourth-order valence-electron chi connectivity index (χ4n) is 1.78. The highest BCUT2D eigenvalue weighted by Gasteiger charge is 2.07. The monoisotopic (exact) mass is 290 g/mol. The number of nitrogens with one attached hydrogen (secondary N) is 1. The molecule has 0 aliphatic rings. The molecule has 4 nitrogen and oxygen atoms in total.